The Morgan fingerprint density at radius 3 is 1.00 bits per heavy atom. The van der Waals surface area contributed by atoms with Crippen LogP contribution in [0.5, 0.6) is 0 Å². The molecule has 116 valence electrons. The minimum absolute atomic E-state index is 1.39. The van der Waals surface area contributed by atoms with Crippen molar-refractivity contribution in [2.45, 2.75) is 19.6 Å². The molecule has 0 aliphatic heterocycles. The van der Waals surface area contributed by atoms with Crippen LogP contribution in [-0.2, 0) is 0 Å². The van der Waals surface area contributed by atoms with E-state index in [9.17, 15) is 0 Å². The first kappa shape index (κ1) is 17.3. The first-order valence-electron chi connectivity index (χ1n) is 7.46. The molecule has 0 aliphatic rings. The molecule has 3 aromatic rings. The van der Waals surface area contributed by atoms with Crippen molar-refractivity contribution in [3.63, 3.8) is 0 Å². The van der Waals surface area contributed by atoms with Crippen LogP contribution in [-0.4, -0.2) is 14.2 Å². The summed E-state index contributed by atoms with van der Waals surface area (Å²) < 4.78 is 0. The molecule has 0 radical (unpaired) electrons. The Kier molecular flexibility index (Phi) is 6.45. The molecule has 0 atom stereocenters. The zero-order valence-electron chi connectivity index (χ0n) is 12.9. The predicted octanol–water partition coefficient (Wildman–Crippen LogP) is 6.93. The van der Waals surface area contributed by atoms with Crippen molar-refractivity contribution in [2.24, 2.45) is 0 Å². The van der Waals surface area contributed by atoms with Gasteiger partial charge in [0.2, 0.25) is 0 Å². The fourth-order valence-electron chi connectivity index (χ4n) is 2.17. The van der Waals surface area contributed by atoms with E-state index in [-0.39, 0.29) is 0 Å². The molecule has 0 spiro atoms. The van der Waals surface area contributed by atoms with Crippen molar-refractivity contribution >= 4 is 41.1 Å². The average molecular weight is 461 g/mol. The van der Waals surface area contributed by atoms with Crippen LogP contribution in [0.15, 0.2) is 106 Å². The van der Waals surface area contributed by atoms with Gasteiger partial charge in [-0.3, -0.25) is 0 Å². The molecular weight excluding hydrogens is 443 g/mol. The Morgan fingerprint density at radius 2 is 0.739 bits per heavy atom. The Morgan fingerprint density at radius 1 is 0.478 bits per heavy atom. The molecule has 0 bridgehead atoms. The van der Waals surface area contributed by atoms with Gasteiger partial charge in [0.05, 0.1) is 0 Å². The molecule has 0 fully saturated rings. The topological polar surface area (TPSA) is 0 Å². The summed E-state index contributed by atoms with van der Waals surface area (Å²) in [6, 6.07) is 32.5. The van der Waals surface area contributed by atoms with Crippen molar-refractivity contribution in [2.75, 3.05) is 0 Å². The third kappa shape index (κ3) is 5.52. The van der Waals surface area contributed by atoms with Gasteiger partial charge in [-0.25, -0.2) is 0 Å². The van der Waals surface area contributed by atoms with Gasteiger partial charge in [-0.05, 0) is 0 Å². The number of hydrogen-bond donors (Lipinski definition) is 0. The standard InChI is InChI=1S/3C6H6S.CH3.Sn/c3*7-6-4-2-1-3-5-6;;/h3*1-5,7H;1H3;/q;;;;+3/p-3. The third-order valence-corrected chi connectivity index (χ3v) is 31.4. The molecule has 0 aromatic heterocycles. The normalized spacial score (nSPS) is 11.3. The predicted molar refractivity (Wildman–Crippen MR) is 109 cm³/mol. The second-order valence-electron chi connectivity index (χ2n) is 5.11. The maximum atomic E-state index is 2.52. The summed E-state index contributed by atoms with van der Waals surface area (Å²) in [7, 11) is 6.35. The monoisotopic (exact) mass is 462 g/mol. The minimum atomic E-state index is -2.58. The van der Waals surface area contributed by atoms with Crippen molar-refractivity contribution < 1.29 is 0 Å². The molecule has 3 rings (SSSR count). The van der Waals surface area contributed by atoms with Crippen LogP contribution in [0.1, 0.15) is 0 Å². The SMILES string of the molecule is [CH3][Sn]([S]c1ccccc1)([S]c1ccccc1)[S]c1ccccc1. The van der Waals surface area contributed by atoms with E-state index in [4.69, 9.17) is 0 Å². The molecule has 23 heavy (non-hydrogen) atoms. The van der Waals surface area contributed by atoms with Crippen LogP contribution in [0.4, 0.5) is 0 Å². The van der Waals surface area contributed by atoms with Gasteiger partial charge < -0.3 is 0 Å². The van der Waals surface area contributed by atoms with Crippen LogP contribution < -0.4 is 0 Å². The van der Waals surface area contributed by atoms with E-state index < -0.39 is 14.2 Å². The van der Waals surface area contributed by atoms with E-state index in [1.165, 1.54) is 14.7 Å². The fourth-order valence-corrected chi connectivity index (χ4v) is 34.2. The van der Waals surface area contributed by atoms with Gasteiger partial charge in [0, 0.05) is 0 Å². The summed E-state index contributed by atoms with van der Waals surface area (Å²) >= 11 is -2.58. The Labute approximate surface area is 150 Å². The Bertz CT molecular complexity index is 616. The van der Waals surface area contributed by atoms with Gasteiger partial charge in [-0.15, -0.1) is 0 Å². The van der Waals surface area contributed by atoms with E-state index >= 15 is 0 Å². The van der Waals surface area contributed by atoms with Gasteiger partial charge in [0.1, 0.15) is 0 Å². The molecule has 3 aromatic carbocycles. The van der Waals surface area contributed by atoms with Crippen LogP contribution in [0.2, 0.25) is 4.94 Å². The molecule has 0 heterocycles. The van der Waals surface area contributed by atoms with Gasteiger partial charge in [0.15, 0.2) is 0 Å². The fraction of sp³-hybridized carbons (Fsp3) is 0.0526. The number of benzene rings is 3. The van der Waals surface area contributed by atoms with Gasteiger partial charge >= 0.3 is 152 Å². The molecular formula is C19H18S3Sn. The zero-order valence-corrected chi connectivity index (χ0v) is 18.2. The molecule has 0 unspecified atom stereocenters. The van der Waals surface area contributed by atoms with Crippen LogP contribution >= 0.6 is 26.8 Å². The van der Waals surface area contributed by atoms with Crippen LogP contribution in [0.25, 0.3) is 0 Å². The zero-order chi connectivity index (χ0) is 16.0. The van der Waals surface area contributed by atoms with Gasteiger partial charge in [-0.1, -0.05) is 0 Å². The van der Waals surface area contributed by atoms with E-state index in [1.807, 2.05) is 0 Å². The Balaban J connectivity index is 1.85. The van der Waals surface area contributed by atoms with Crippen molar-refractivity contribution in [3.05, 3.63) is 91.0 Å². The van der Waals surface area contributed by atoms with E-state index in [0.717, 1.165) is 0 Å². The molecule has 0 saturated carbocycles. The number of hydrogen-bond acceptors (Lipinski definition) is 3. The summed E-state index contributed by atoms with van der Waals surface area (Å²) in [5.41, 5.74) is 0. The Hall–Kier alpha value is -0.491. The van der Waals surface area contributed by atoms with Crippen LogP contribution in [0.3, 0.4) is 0 Å². The van der Waals surface area contributed by atoms with Crippen molar-refractivity contribution in [3.8, 4) is 0 Å². The summed E-state index contributed by atoms with van der Waals surface area (Å²) in [4.78, 5) is 6.68. The van der Waals surface area contributed by atoms with Crippen LogP contribution in [0, 0.1) is 0 Å². The first-order chi connectivity index (χ1) is 11.2. The second-order valence-corrected chi connectivity index (χ2v) is 38.9. The molecule has 0 saturated heterocycles. The van der Waals surface area contributed by atoms with E-state index in [2.05, 4.69) is 123 Å². The van der Waals surface area contributed by atoms with Crippen molar-refractivity contribution in [1.29, 1.82) is 0 Å². The van der Waals surface area contributed by atoms with Crippen molar-refractivity contribution in [1.82, 2.24) is 0 Å². The maximum absolute atomic E-state index is 2.58. The second kappa shape index (κ2) is 8.56. The van der Waals surface area contributed by atoms with E-state index in [1.54, 1.807) is 0 Å². The first-order valence-corrected chi connectivity index (χ1v) is 23.2. The summed E-state index contributed by atoms with van der Waals surface area (Å²) in [5, 5.41) is 0. The quantitative estimate of drug-likeness (QED) is 0.366. The summed E-state index contributed by atoms with van der Waals surface area (Å²) in [5.74, 6) is 0. The van der Waals surface area contributed by atoms with Gasteiger partial charge in [0.25, 0.3) is 0 Å². The number of rotatable bonds is 6. The molecule has 0 amide bonds. The summed E-state index contributed by atoms with van der Waals surface area (Å²) in [6.07, 6.45) is 0. The summed E-state index contributed by atoms with van der Waals surface area (Å²) in [6.45, 7) is 0. The van der Waals surface area contributed by atoms with E-state index in [0.29, 0.717) is 0 Å². The molecule has 4 heteroatoms. The van der Waals surface area contributed by atoms with Gasteiger partial charge in [-0.2, -0.15) is 0 Å². The molecule has 0 nitrogen and oxygen atoms in total. The molecule has 0 N–H and O–H groups in total. The third-order valence-electron chi connectivity index (χ3n) is 3.14. The average Bonchev–Trinajstić information content (AvgIpc) is 2.57. The molecule has 0 aliphatic carbocycles.